The second-order valence-electron chi connectivity index (χ2n) is 5.29. The number of ketones is 1. The van der Waals surface area contributed by atoms with Crippen molar-refractivity contribution in [2.75, 3.05) is 18.4 Å². The highest BCUT2D eigenvalue weighted by Crippen LogP contribution is 2.26. The summed E-state index contributed by atoms with van der Waals surface area (Å²) >= 11 is 6.08. The molecule has 1 aromatic rings. The van der Waals surface area contributed by atoms with Crippen molar-refractivity contribution in [2.24, 2.45) is 5.92 Å². The lowest BCUT2D eigenvalue weighted by Gasteiger charge is -2.14. The average molecular weight is 323 g/mol. The van der Waals surface area contributed by atoms with E-state index in [4.69, 9.17) is 11.6 Å². The van der Waals surface area contributed by atoms with Gasteiger partial charge in [-0.1, -0.05) is 18.5 Å². The van der Waals surface area contributed by atoms with Crippen LogP contribution in [0, 0.1) is 5.92 Å². The standard InChI is InChI=1S/C16H19ClN2O3/c1-3-14(20)10-5-6-12(17)13(7-10)18-16(22)11-8-15(21)19(4-2)9-11/h5-7,11H,3-4,8-9H2,1-2H3,(H,18,22)/t11-/m1/s1. The summed E-state index contributed by atoms with van der Waals surface area (Å²) in [4.78, 5) is 37.4. The second kappa shape index (κ2) is 6.92. The molecule has 1 N–H and O–H groups in total. The molecule has 0 saturated carbocycles. The fourth-order valence-electron chi connectivity index (χ4n) is 2.49. The van der Waals surface area contributed by atoms with E-state index in [9.17, 15) is 14.4 Å². The van der Waals surface area contributed by atoms with Crippen LogP contribution in [0.1, 0.15) is 37.0 Å². The van der Waals surface area contributed by atoms with Crippen molar-refractivity contribution in [3.05, 3.63) is 28.8 Å². The first-order valence-electron chi connectivity index (χ1n) is 7.37. The molecule has 2 amide bonds. The number of halogens is 1. The molecular weight excluding hydrogens is 304 g/mol. The van der Waals surface area contributed by atoms with E-state index in [0.717, 1.165) is 0 Å². The largest absolute Gasteiger partial charge is 0.342 e. The zero-order valence-corrected chi connectivity index (χ0v) is 13.4. The highest BCUT2D eigenvalue weighted by Gasteiger charge is 2.33. The van der Waals surface area contributed by atoms with Gasteiger partial charge in [0.15, 0.2) is 5.78 Å². The summed E-state index contributed by atoms with van der Waals surface area (Å²) < 4.78 is 0. The van der Waals surface area contributed by atoms with Gasteiger partial charge in [-0.3, -0.25) is 14.4 Å². The summed E-state index contributed by atoms with van der Waals surface area (Å²) in [6.45, 7) is 4.68. The third-order valence-electron chi connectivity index (χ3n) is 3.83. The Bertz CT molecular complexity index is 615. The van der Waals surface area contributed by atoms with Crippen LogP contribution in [-0.4, -0.2) is 35.6 Å². The predicted octanol–water partition coefficient (Wildman–Crippen LogP) is 2.74. The van der Waals surface area contributed by atoms with E-state index in [-0.39, 0.29) is 29.9 Å². The van der Waals surface area contributed by atoms with Crippen LogP contribution in [0.25, 0.3) is 0 Å². The summed E-state index contributed by atoms with van der Waals surface area (Å²) in [6.07, 6.45) is 0.600. The number of amides is 2. The molecule has 1 fully saturated rings. The first-order chi connectivity index (χ1) is 10.5. The lowest BCUT2D eigenvalue weighted by atomic mass is 10.1. The van der Waals surface area contributed by atoms with E-state index >= 15 is 0 Å². The van der Waals surface area contributed by atoms with Gasteiger partial charge in [-0.2, -0.15) is 0 Å². The maximum Gasteiger partial charge on any atom is 0.229 e. The van der Waals surface area contributed by atoms with Crippen molar-refractivity contribution in [1.29, 1.82) is 0 Å². The smallest absolute Gasteiger partial charge is 0.229 e. The monoisotopic (exact) mass is 322 g/mol. The van der Waals surface area contributed by atoms with Crippen molar-refractivity contribution >= 4 is 34.9 Å². The molecule has 1 aliphatic heterocycles. The van der Waals surface area contributed by atoms with Crippen LogP contribution in [0.4, 0.5) is 5.69 Å². The van der Waals surface area contributed by atoms with Gasteiger partial charge in [-0.25, -0.2) is 0 Å². The van der Waals surface area contributed by atoms with E-state index in [2.05, 4.69) is 5.32 Å². The number of carbonyl (C=O) groups is 3. The van der Waals surface area contributed by atoms with Crippen LogP contribution < -0.4 is 5.32 Å². The predicted molar refractivity (Wildman–Crippen MR) is 85.1 cm³/mol. The molecule has 0 radical (unpaired) electrons. The Balaban J connectivity index is 2.12. The number of anilines is 1. The van der Waals surface area contributed by atoms with Gasteiger partial charge >= 0.3 is 0 Å². The van der Waals surface area contributed by atoms with E-state index in [1.54, 1.807) is 30.0 Å². The Morgan fingerprint density at radius 1 is 1.36 bits per heavy atom. The highest BCUT2D eigenvalue weighted by molar-refractivity contribution is 6.34. The maximum atomic E-state index is 12.3. The first kappa shape index (κ1) is 16.5. The molecule has 5 nitrogen and oxygen atoms in total. The Morgan fingerprint density at radius 2 is 2.09 bits per heavy atom. The van der Waals surface area contributed by atoms with Gasteiger partial charge in [-0.05, 0) is 25.1 Å². The number of hydrogen-bond acceptors (Lipinski definition) is 3. The third-order valence-corrected chi connectivity index (χ3v) is 4.16. The first-order valence-corrected chi connectivity index (χ1v) is 7.75. The third kappa shape index (κ3) is 3.47. The highest BCUT2D eigenvalue weighted by atomic mass is 35.5. The van der Waals surface area contributed by atoms with Crippen molar-refractivity contribution < 1.29 is 14.4 Å². The summed E-state index contributed by atoms with van der Waals surface area (Å²) in [6, 6.07) is 4.82. The molecule has 6 heteroatoms. The molecule has 118 valence electrons. The Kier molecular flexibility index (Phi) is 5.19. The number of benzene rings is 1. The molecule has 1 atom stereocenters. The molecule has 1 heterocycles. The second-order valence-corrected chi connectivity index (χ2v) is 5.70. The summed E-state index contributed by atoms with van der Waals surface area (Å²) in [5.74, 6) is -0.648. The Labute approximate surface area is 134 Å². The Morgan fingerprint density at radius 3 is 2.68 bits per heavy atom. The van der Waals surface area contributed by atoms with Gasteiger partial charge in [0.2, 0.25) is 11.8 Å². The van der Waals surface area contributed by atoms with E-state index in [0.29, 0.717) is 35.8 Å². The normalized spacial score (nSPS) is 17.7. The number of hydrogen-bond donors (Lipinski definition) is 1. The molecule has 1 aliphatic rings. The lowest BCUT2D eigenvalue weighted by Crippen LogP contribution is -2.28. The minimum Gasteiger partial charge on any atom is -0.342 e. The Hall–Kier alpha value is -1.88. The molecule has 0 bridgehead atoms. The average Bonchev–Trinajstić information content (AvgIpc) is 2.89. The zero-order chi connectivity index (χ0) is 16.3. The molecule has 0 unspecified atom stereocenters. The number of nitrogens with zero attached hydrogens (tertiary/aromatic N) is 1. The molecule has 0 spiro atoms. The van der Waals surface area contributed by atoms with Gasteiger partial charge in [0.05, 0.1) is 16.6 Å². The van der Waals surface area contributed by atoms with Crippen LogP contribution in [0.5, 0.6) is 0 Å². The SMILES string of the molecule is CCC(=O)c1ccc(Cl)c(NC(=O)[C@@H]2CC(=O)N(CC)C2)c1. The van der Waals surface area contributed by atoms with E-state index in [1.807, 2.05) is 6.92 Å². The van der Waals surface area contributed by atoms with Gasteiger partial charge in [0, 0.05) is 31.5 Å². The van der Waals surface area contributed by atoms with E-state index < -0.39 is 0 Å². The lowest BCUT2D eigenvalue weighted by molar-refractivity contribution is -0.128. The van der Waals surface area contributed by atoms with Gasteiger partial charge < -0.3 is 10.2 Å². The quantitative estimate of drug-likeness (QED) is 0.848. The van der Waals surface area contributed by atoms with Gasteiger partial charge in [-0.15, -0.1) is 0 Å². The van der Waals surface area contributed by atoms with E-state index in [1.165, 1.54) is 0 Å². The number of likely N-dealkylation sites (tertiary alicyclic amines) is 1. The van der Waals surface area contributed by atoms with Crippen LogP contribution in [0.2, 0.25) is 5.02 Å². The van der Waals surface area contributed by atoms with Crippen molar-refractivity contribution in [2.45, 2.75) is 26.7 Å². The molecule has 2 rings (SSSR count). The minimum absolute atomic E-state index is 0.0105. The van der Waals surface area contributed by atoms with Crippen molar-refractivity contribution in [1.82, 2.24) is 4.90 Å². The summed E-state index contributed by atoms with van der Waals surface area (Å²) in [5, 5.41) is 3.11. The number of Topliss-reactive ketones (excluding diaryl/α,β-unsaturated/α-hetero) is 1. The molecular formula is C16H19ClN2O3. The van der Waals surface area contributed by atoms with Crippen LogP contribution in [-0.2, 0) is 9.59 Å². The number of carbonyl (C=O) groups excluding carboxylic acids is 3. The summed E-state index contributed by atoms with van der Waals surface area (Å²) in [7, 11) is 0. The topological polar surface area (TPSA) is 66.5 Å². The fourth-order valence-corrected chi connectivity index (χ4v) is 2.65. The maximum absolute atomic E-state index is 12.3. The van der Waals surface area contributed by atoms with Crippen LogP contribution >= 0.6 is 11.6 Å². The minimum atomic E-state index is -0.381. The van der Waals surface area contributed by atoms with Gasteiger partial charge in [0.1, 0.15) is 0 Å². The fraction of sp³-hybridized carbons (Fsp3) is 0.438. The van der Waals surface area contributed by atoms with Crippen molar-refractivity contribution in [3.63, 3.8) is 0 Å². The van der Waals surface area contributed by atoms with Crippen LogP contribution in [0.15, 0.2) is 18.2 Å². The van der Waals surface area contributed by atoms with Gasteiger partial charge in [0.25, 0.3) is 0 Å². The number of rotatable bonds is 5. The van der Waals surface area contributed by atoms with Crippen molar-refractivity contribution in [3.8, 4) is 0 Å². The number of nitrogens with one attached hydrogen (secondary N) is 1. The molecule has 0 aromatic heterocycles. The molecule has 1 aromatic carbocycles. The molecule has 1 saturated heterocycles. The zero-order valence-electron chi connectivity index (χ0n) is 12.7. The van der Waals surface area contributed by atoms with Crippen LogP contribution in [0.3, 0.4) is 0 Å². The molecule has 22 heavy (non-hydrogen) atoms. The summed E-state index contributed by atoms with van der Waals surface area (Å²) in [5.41, 5.74) is 0.924. The molecule has 0 aliphatic carbocycles.